The Balaban J connectivity index is 1.91. The van der Waals surface area contributed by atoms with Gasteiger partial charge in [0.05, 0.1) is 13.2 Å². The summed E-state index contributed by atoms with van der Waals surface area (Å²) < 4.78 is 15.5. The van der Waals surface area contributed by atoms with Crippen molar-refractivity contribution in [2.45, 2.75) is 13.2 Å². The van der Waals surface area contributed by atoms with Crippen molar-refractivity contribution in [2.75, 3.05) is 19.8 Å². The van der Waals surface area contributed by atoms with Crippen molar-refractivity contribution >= 4 is 17.3 Å². The van der Waals surface area contributed by atoms with Crippen LogP contribution in [-0.2, 0) is 14.2 Å². The van der Waals surface area contributed by atoms with E-state index in [1.54, 1.807) is 6.07 Å². The van der Waals surface area contributed by atoms with Gasteiger partial charge in [-0.2, -0.15) is 0 Å². The van der Waals surface area contributed by atoms with Crippen LogP contribution in [-0.4, -0.2) is 32.1 Å². The van der Waals surface area contributed by atoms with E-state index < -0.39 is 6.29 Å². The van der Waals surface area contributed by atoms with Gasteiger partial charge in [0.25, 0.3) is 0 Å². The van der Waals surface area contributed by atoms with Crippen molar-refractivity contribution in [3.63, 3.8) is 0 Å². The second kappa shape index (κ2) is 4.74. The molecule has 1 aliphatic heterocycles. The molecule has 1 saturated heterocycles. The van der Waals surface area contributed by atoms with Crippen LogP contribution in [0.1, 0.15) is 14.5 Å². The minimum Gasteiger partial charge on any atom is -0.429 e. The summed E-state index contributed by atoms with van der Waals surface area (Å²) in [6.07, 6.45) is -0.561. The minimum absolute atomic E-state index is 0.316. The maximum Gasteiger partial charge on any atom is 0.350 e. The average molecular weight is 228 g/mol. The Hall–Kier alpha value is -0.910. The Morgan fingerprint density at radius 2 is 2.40 bits per heavy atom. The van der Waals surface area contributed by atoms with Crippen LogP contribution in [0.15, 0.2) is 12.1 Å². The number of carbonyl (C=O) groups is 1. The van der Waals surface area contributed by atoms with Crippen LogP contribution in [0.3, 0.4) is 0 Å². The molecular weight excluding hydrogens is 216 g/mol. The van der Waals surface area contributed by atoms with E-state index in [1.165, 1.54) is 11.3 Å². The van der Waals surface area contributed by atoms with E-state index in [0.717, 1.165) is 4.88 Å². The van der Waals surface area contributed by atoms with Gasteiger partial charge in [-0.15, -0.1) is 11.3 Å². The summed E-state index contributed by atoms with van der Waals surface area (Å²) in [4.78, 5) is 13.3. The van der Waals surface area contributed by atoms with Gasteiger partial charge >= 0.3 is 5.97 Å². The lowest BCUT2D eigenvalue weighted by Gasteiger charge is -2.22. The fraction of sp³-hybridized carbons (Fsp3) is 0.500. The number of carbonyl (C=O) groups excluding carboxylic acids is 1. The molecule has 82 valence electrons. The first-order valence-corrected chi connectivity index (χ1v) is 5.54. The van der Waals surface area contributed by atoms with Crippen LogP contribution in [0.2, 0.25) is 0 Å². The second-order valence-electron chi connectivity index (χ2n) is 3.19. The summed E-state index contributed by atoms with van der Waals surface area (Å²) in [5, 5.41) is 0. The fourth-order valence-electron chi connectivity index (χ4n) is 1.26. The third-order valence-electron chi connectivity index (χ3n) is 1.97. The predicted molar refractivity (Wildman–Crippen MR) is 55.0 cm³/mol. The third-order valence-corrected chi connectivity index (χ3v) is 2.95. The normalized spacial score (nSPS) is 21.3. The highest BCUT2D eigenvalue weighted by atomic mass is 32.1. The molecule has 0 aromatic carbocycles. The number of aryl methyl sites for hydroxylation is 1. The zero-order valence-corrected chi connectivity index (χ0v) is 9.21. The quantitative estimate of drug-likeness (QED) is 0.721. The van der Waals surface area contributed by atoms with Gasteiger partial charge in [0.1, 0.15) is 11.5 Å². The molecule has 1 atom stereocenters. The minimum atomic E-state index is -0.561. The van der Waals surface area contributed by atoms with Gasteiger partial charge < -0.3 is 14.2 Å². The van der Waals surface area contributed by atoms with E-state index in [4.69, 9.17) is 14.2 Å². The molecule has 15 heavy (non-hydrogen) atoms. The molecule has 4 nitrogen and oxygen atoms in total. The van der Waals surface area contributed by atoms with Gasteiger partial charge in [0.2, 0.25) is 6.29 Å². The van der Waals surface area contributed by atoms with E-state index in [0.29, 0.717) is 24.7 Å². The number of hydrogen-bond acceptors (Lipinski definition) is 5. The molecule has 0 bridgehead atoms. The molecule has 1 aromatic heterocycles. The van der Waals surface area contributed by atoms with Gasteiger partial charge in [-0.3, -0.25) is 0 Å². The highest BCUT2D eigenvalue weighted by molar-refractivity contribution is 7.13. The fourth-order valence-corrected chi connectivity index (χ4v) is 2.01. The Labute approximate surface area is 91.8 Å². The van der Waals surface area contributed by atoms with E-state index in [1.807, 2.05) is 13.0 Å². The van der Waals surface area contributed by atoms with Crippen molar-refractivity contribution in [1.29, 1.82) is 0 Å². The molecule has 1 unspecified atom stereocenters. The topological polar surface area (TPSA) is 44.8 Å². The Morgan fingerprint density at radius 3 is 3.00 bits per heavy atom. The van der Waals surface area contributed by atoms with Gasteiger partial charge in [-0.25, -0.2) is 4.79 Å². The van der Waals surface area contributed by atoms with E-state index in [-0.39, 0.29) is 5.97 Å². The Morgan fingerprint density at radius 1 is 1.53 bits per heavy atom. The largest absolute Gasteiger partial charge is 0.429 e. The second-order valence-corrected chi connectivity index (χ2v) is 4.48. The van der Waals surface area contributed by atoms with Gasteiger partial charge in [-0.05, 0) is 19.1 Å². The smallest absolute Gasteiger partial charge is 0.350 e. The summed E-state index contributed by atoms with van der Waals surface area (Å²) >= 11 is 1.41. The zero-order valence-electron chi connectivity index (χ0n) is 8.39. The van der Waals surface area contributed by atoms with Crippen LogP contribution in [0.25, 0.3) is 0 Å². The SMILES string of the molecule is Cc1ccc(C(=O)OC2COCCO2)s1. The molecule has 1 aromatic rings. The molecule has 2 heterocycles. The molecule has 0 aliphatic carbocycles. The lowest BCUT2D eigenvalue weighted by molar-refractivity contribution is -0.186. The first kappa shape index (κ1) is 10.6. The van der Waals surface area contributed by atoms with Crippen LogP contribution in [0.4, 0.5) is 0 Å². The summed E-state index contributed by atoms with van der Waals surface area (Å²) in [6.45, 7) is 3.30. The molecule has 0 saturated carbocycles. The lowest BCUT2D eigenvalue weighted by Crippen LogP contribution is -2.32. The Kier molecular flexibility index (Phi) is 3.35. The first-order chi connectivity index (χ1) is 7.25. The summed E-state index contributed by atoms with van der Waals surface area (Å²) in [5.41, 5.74) is 0. The number of esters is 1. The third kappa shape index (κ3) is 2.77. The first-order valence-electron chi connectivity index (χ1n) is 4.72. The number of hydrogen-bond donors (Lipinski definition) is 0. The molecule has 2 rings (SSSR count). The highest BCUT2D eigenvalue weighted by Crippen LogP contribution is 2.17. The molecular formula is C10H12O4S. The molecule has 0 N–H and O–H groups in total. The average Bonchev–Trinajstić information content (AvgIpc) is 2.66. The van der Waals surface area contributed by atoms with Crippen molar-refractivity contribution in [2.24, 2.45) is 0 Å². The molecule has 1 aliphatic rings. The number of ether oxygens (including phenoxy) is 3. The van der Waals surface area contributed by atoms with Crippen molar-refractivity contribution < 1.29 is 19.0 Å². The predicted octanol–water partition coefficient (Wildman–Crippen LogP) is 1.59. The van der Waals surface area contributed by atoms with Crippen molar-refractivity contribution in [3.05, 3.63) is 21.9 Å². The van der Waals surface area contributed by atoms with Crippen LogP contribution in [0.5, 0.6) is 0 Å². The number of thiophene rings is 1. The van der Waals surface area contributed by atoms with Gasteiger partial charge in [-0.1, -0.05) is 0 Å². The maximum absolute atomic E-state index is 11.6. The van der Waals surface area contributed by atoms with Crippen molar-refractivity contribution in [3.8, 4) is 0 Å². The molecule has 1 fully saturated rings. The summed E-state index contributed by atoms with van der Waals surface area (Å²) in [6, 6.07) is 3.64. The monoisotopic (exact) mass is 228 g/mol. The van der Waals surface area contributed by atoms with Gasteiger partial charge in [0.15, 0.2) is 0 Å². The molecule has 5 heteroatoms. The molecule has 0 radical (unpaired) electrons. The lowest BCUT2D eigenvalue weighted by atomic mass is 10.4. The van der Waals surface area contributed by atoms with Crippen LogP contribution >= 0.6 is 11.3 Å². The zero-order chi connectivity index (χ0) is 10.7. The molecule has 0 amide bonds. The summed E-state index contributed by atoms with van der Waals surface area (Å²) in [5.74, 6) is -0.344. The van der Waals surface area contributed by atoms with E-state index in [2.05, 4.69) is 0 Å². The highest BCUT2D eigenvalue weighted by Gasteiger charge is 2.20. The summed E-state index contributed by atoms with van der Waals surface area (Å²) in [7, 11) is 0. The van der Waals surface area contributed by atoms with Crippen LogP contribution < -0.4 is 0 Å². The standard InChI is InChI=1S/C10H12O4S/c1-7-2-3-8(15-7)10(11)14-9-6-12-4-5-13-9/h2-3,9H,4-6H2,1H3. The number of rotatable bonds is 2. The van der Waals surface area contributed by atoms with Crippen molar-refractivity contribution in [1.82, 2.24) is 0 Å². The Bertz CT molecular complexity index is 341. The van der Waals surface area contributed by atoms with E-state index in [9.17, 15) is 4.79 Å². The molecule has 0 spiro atoms. The van der Waals surface area contributed by atoms with Crippen LogP contribution in [0, 0.1) is 6.92 Å². The van der Waals surface area contributed by atoms with E-state index >= 15 is 0 Å². The van der Waals surface area contributed by atoms with Gasteiger partial charge in [0, 0.05) is 4.88 Å². The maximum atomic E-state index is 11.6.